The van der Waals surface area contributed by atoms with Gasteiger partial charge in [0.2, 0.25) is 11.5 Å². The maximum absolute atomic E-state index is 12.3. The van der Waals surface area contributed by atoms with Crippen LogP contribution in [0, 0.1) is 5.40 Å². The van der Waals surface area contributed by atoms with Gasteiger partial charge >= 0.3 is 0 Å². The third kappa shape index (κ3) is 5.11. The largest absolute Gasteiger partial charge is 0.494 e. The molecule has 7 N–H and O–H groups in total. The first-order valence-corrected chi connectivity index (χ1v) is 7.56. The van der Waals surface area contributed by atoms with Crippen molar-refractivity contribution in [2.24, 2.45) is 0 Å². The van der Waals surface area contributed by atoms with Gasteiger partial charge in [-0.1, -0.05) is 11.6 Å². The third-order valence-electron chi connectivity index (χ3n) is 3.51. The number of carbonyl (C=O) groups is 1. The summed E-state index contributed by atoms with van der Waals surface area (Å²) in [4.78, 5) is 12.3. The molecule has 0 aliphatic heterocycles. The Labute approximate surface area is 149 Å². The summed E-state index contributed by atoms with van der Waals surface area (Å²) in [6.07, 6.45) is -7.11. The van der Waals surface area contributed by atoms with Crippen LogP contribution in [0.5, 0.6) is 5.75 Å². The highest BCUT2D eigenvalue weighted by atomic mass is 35.5. The van der Waals surface area contributed by atoms with Gasteiger partial charge in [-0.25, -0.2) is 0 Å². The molecule has 0 spiro atoms. The summed E-state index contributed by atoms with van der Waals surface area (Å²) in [5.74, 6) is -2.34. The number of aliphatic hydroxyl groups is 6. The molecule has 1 aromatic carbocycles. The molecule has 1 aromatic rings. The van der Waals surface area contributed by atoms with Gasteiger partial charge in [0.15, 0.2) is 7.20 Å². The lowest BCUT2D eigenvalue weighted by atomic mass is 9.85. The summed E-state index contributed by atoms with van der Waals surface area (Å²) >= 11 is 5.72. The average molecular weight is 379 g/mol. The Morgan fingerprint density at radius 2 is 1.92 bits per heavy atom. The maximum atomic E-state index is 12.3. The van der Waals surface area contributed by atoms with Gasteiger partial charge in [0, 0.05) is 11.4 Å². The average Bonchev–Trinajstić information content (AvgIpc) is 2.65. The van der Waals surface area contributed by atoms with E-state index in [9.17, 15) is 30.3 Å². The highest BCUT2D eigenvalue weighted by molar-refractivity contribution is 6.30. The normalized spacial score (nSPS) is 18.6. The van der Waals surface area contributed by atoms with Crippen LogP contribution >= 0.6 is 11.6 Å². The smallest absolute Gasteiger partial charge is 0.227 e. The number of ketones is 1. The SMILES string of the molecule is [2H]N=C(O)[C@@](O)(C(=O)CCOc1ccc(Cl)cc1)[C@@H](O)[C@H](O)[C@H](O)CO. The molecule has 0 amide bonds. The summed E-state index contributed by atoms with van der Waals surface area (Å²) in [5, 5.41) is 60.8. The second-order valence-electron chi connectivity index (χ2n) is 5.25. The van der Waals surface area contributed by atoms with Crippen molar-refractivity contribution in [1.29, 1.82) is 5.40 Å². The highest BCUT2D eigenvalue weighted by Crippen LogP contribution is 2.21. The molecule has 0 heterocycles. The number of benzene rings is 1. The molecule has 10 heteroatoms. The van der Waals surface area contributed by atoms with Crippen LogP contribution in [-0.2, 0) is 4.79 Å². The third-order valence-corrected chi connectivity index (χ3v) is 3.76. The summed E-state index contributed by atoms with van der Waals surface area (Å²) < 4.78 is 12.0. The number of hydrogen-bond acceptors (Lipinski definition) is 8. The minimum absolute atomic E-state index is 0.278. The van der Waals surface area contributed by atoms with Crippen molar-refractivity contribution in [2.75, 3.05) is 13.2 Å². The van der Waals surface area contributed by atoms with Gasteiger partial charge in [-0.05, 0) is 24.3 Å². The molecule has 1 rings (SSSR count). The van der Waals surface area contributed by atoms with Crippen molar-refractivity contribution in [2.45, 2.75) is 30.3 Å². The number of Topliss-reactive ketones (excluding diaryl/α,β-unsaturated/α-hetero) is 1. The quantitative estimate of drug-likeness (QED) is 0.201. The second-order valence-corrected chi connectivity index (χ2v) is 5.69. The number of aliphatic hydroxyl groups excluding tert-OH is 5. The molecular formula is C15H20ClNO8. The standard InChI is InChI=1S/C15H20ClNO8/c16-8-1-3-9(4-2-8)25-6-5-11(20)15(24,14(17)23)13(22)12(21)10(19)7-18/h1-4,10,12-13,18-19,21-22,24H,5-7H2,(H2,17,23)/t10-,12-,13+,15-/m1/s1/i/hD. The van der Waals surface area contributed by atoms with E-state index >= 15 is 0 Å². The lowest BCUT2D eigenvalue weighted by Crippen LogP contribution is -2.62. The second kappa shape index (κ2) is 9.09. The lowest BCUT2D eigenvalue weighted by molar-refractivity contribution is -0.161. The fourth-order valence-corrected chi connectivity index (χ4v) is 2.10. The zero-order chi connectivity index (χ0) is 19.9. The van der Waals surface area contributed by atoms with Crippen molar-refractivity contribution in [3.8, 4) is 5.75 Å². The van der Waals surface area contributed by atoms with Gasteiger partial charge < -0.3 is 35.4 Å². The van der Waals surface area contributed by atoms with Gasteiger partial charge in [-0.3, -0.25) is 10.2 Å². The topological polar surface area (TPSA) is 172 Å². The Kier molecular flexibility index (Phi) is 7.12. The van der Waals surface area contributed by atoms with Gasteiger partial charge in [-0.2, -0.15) is 0 Å². The van der Waals surface area contributed by atoms with Crippen LogP contribution < -0.4 is 4.74 Å². The van der Waals surface area contributed by atoms with Crippen molar-refractivity contribution < 1.29 is 41.6 Å². The number of carbonyl (C=O) groups excluding carboxylic acids is 1. The Balaban J connectivity index is 2.87. The number of rotatable bonds is 10. The molecule has 9 nitrogen and oxygen atoms in total. The summed E-state index contributed by atoms with van der Waals surface area (Å²) in [5.41, 5.74) is -3.17. The van der Waals surface area contributed by atoms with Crippen molar-refractivity contribution in [3.63, 3.8) is 0 Å². The fourth-order valence-electron chi connectivity index (χ4n) is 1.97. The van der Waals surface area contributed by atoms with E-state index in [1.165, 1.54) is 12.1 Å². The van der Waals surface area contributed by atoms with E-state index in [0.29, 0.717) is 10.8 Å². The van der Waals surface area contributed by atoms with Crippen LogP contribution in [0.3, 0.4) is 0 Å². The minimum atomic E-state index is -3.17. The lowest BCUT2D eigenvalue weighted by Gasteiger charge is -2.33. The van der Waals surface area contributed by atoms with Crippen molar-refractivity contribution in [3.05, 3.63) is 29.3 Å². The van der Waals surface area contributed by atoms with E-state index in [4.69, 9.17) is 22.9 Å². The van der Waals surface area contributed by atoms with E-state index in [2.05, 4.69) is 5.40 Å². The van der Waals surface area contributed by atoms with E-state index in [0.717, 1.165) is 0 Å². The first-order valence-electron chi connectivity index (χ1n) is 7.63. The fraction of sp³-hybridized carbons (Fsp3) is 0.467. The molecule has 4 atom stereocenters. The van der Waals surface area contributed by atoms with Crippen LogP contribution in [-0.4, -0.2) is 79.4 Å². The van der Waals surface area contributed by atoms with E-state index in [1.54, 1.807) is 12.1 Å². The number of nitrogens with one attached hydrogen (secondary N) is 1. The summed E-state index contributed by atoms with van der Waals surface area (Å²) in [6.45, 7) is -1.26. The Morgan fingerprint density at radius 1 is 1.32 bits per heavy atom. The molecule has 0 aliphatic rings. The maximum Gasteiger partial charge on any atom is 0.227 e. The predicted octanol–water partition coefficient (Wildman–Crippen LogP) is -0.981. The zero-order valence-corrected chi connectivity index (χ0v) is 13.7. The number of hydrogen-bond donors (Lipinski definition) is 7. The van der Waals surface area contributed by atoms with Crippen LogP contribution in [0.25, 0.3) is 0 Å². The first-order chi connectivity index (χ1) is 12.2. The Bertz CT molecular complexity index is 629. The van der Waals surface area contributed by atoms with E-state index < -0.39 is 48.6 Å². The van der Waals surface area contributed by atoms with Crippen LogP contribution in [0.15, 0.2) is 24.3 Å². The number of ether oxygens (including phenoxy) is 1. The van der Waals surface area contributed by atoms with Gasteiger partial charge in [-0.15, -0.1) is 0 Å². The van der Waals surface area contributed by atoms with Crippen LogP contribution in [0.2, 0.25) is 6.43 Å². The summed E-state index contributed by atoms with van der Waals surface area (Å²) in [7, 11) is 0. The number of halogens is 1. The molecule has 0 bridgehead atoms. The molecule has 0 fully saturated rings. The molecule has 0 aromatic heterocycles. The van der Waals surface area contributed by atoms with Crippen LogP contribution in [0.1, 0.15) is 6.42 Å². The van der Waals surface area contributed by atoms with Crippen LogP contribution in [0.4, 0.5) is 0 Å². The molecule has 25 heavy (non-hydrogen) atoms. The monoisotopic (exact) mass is 378 g/mol. The molecule has 0 aliphatic carbocycles. The Hall–Kier alpha value is -1.75. The van der Waals surface area contributed by atoms with Gasteiger partial charge in [0.25, 0.3) is 0 Å². The van der Waals surface area contributed by atoms with E-state index in [-0.39, 0.29) is 6.61 Å². The van der Waals surface area contributed by atoms with Crippen molar-refractivity contribution in [1.82, 2.24) is 0 Å². The molecule has 140 valence electrons. The molecule has 0 saturated heterocycles. The van der Waals surface area contributed by atoms with E-state index in [1.807, 2.05) is 0 Å². The van der Waals surface area contributed by atoms with Crippen molar-refractivity contribution >= 4 is 23.3 Å². The highest BCUT2D eigenvalue weighted by Gasteiger charge is 2.51. The molecule has 0 saturated carbocycles. The zero-order valence-electron chi connectivity index (χ0n) is 14.0. The summed E-state index contributed by atoms with van der Waals surface area (Å²) in [6, 6.07) is 6.14. The van der Waals surface area contributed by atoms with Gasteiger partial charge in [0.1, 0.15) is 24.1 Å². The predicted molar refractivity (Wildman–Crippen MR) is 87.0 cm³/mol. The minimum Gasteiger partial charge on any atom is -0.494 e. The molecular weight excluding hydrogens is 358 g/mol. The van der Waals surface area contributed by atoms with Gasteiger partial charge in [0.05, 0.1) is 13.2 Å². The Morgan fingerprint density at radius 3 is 2.44 bits per heavy atom. The molecule has 0 radical (unpaired) electrons. The first kappa shape index (κ1) is 19.6. The molecule has 0 unspecified atom stereocenters.